The molecule has 0 aromatic heterocycles. The number of anilines is 1. The van der Waals surface area contributed by atoms with Gasteiger partial charge in [0.1, 0.15) is 0 Å². The Balaban J connectivity index is 2.53. The molecule has 1 heterocycles. The van der Waals surface area contributed by atoms with Gasteiger partial charge in [-0.3, -0.25) is 0 Å². The van der Waals surface area contributed by atoms with E-state index in [2.05, 4.69) is 12.2 Å². The molecule has 94 valence electrons. The SMILES string of the molecule is CC1Cc2cccc(C(F)(F)F)c2NC1(C)C. The molecule has 1 atom stereocenters. The summed E-state index contributed by atoms with van der Waals surface area (Å²) in [6.07, 6.45) is -3.62. The lowest BCUT2D eigenvalue weighted by atomic mass is 9.79. The average Bonchev–Trinajstić information content (AvgIpc) is 2.16. The number of benzene rings is 1. The topological polar surface area (TPSA) is 12.0 Å². The van der Waals surface area contributed by atoms with Crippen LogP contribution < -0.4 is 5.32 Å². The van der Waals surface area contributed by atoms with E-state index in [9.17, 15) is 13.2 Å². The van der Waals surface area contributed by atoms with Gasteiger partial charge in [0.2, 0.25) is 0 Å². The summed E-state index contributed by atoms with van der Waals surface area (Å²) in [5.74, 6) is 0.304. The normalized spacial score (nSPS) is 22.8. The van der Waals surface area contributed by atoms with Gasteiger partial charge < -0.3 is 5.32 Å². The van der Waals surface area contributed by atoms with Crippen LogP contribution in [0.3, 0.4) is 0 Å². The molecule has 1 aliphatic rings. The molecule has 0 bridgehead atoms. The highest BCUT2D eigenvalue weighted by Crippen LogP contribution is 2.42. The summed E-state index contributed by atoms with van der Waals surface area (Å²) in [5.41, 5.74) is 0.138. The van der Waals surface area contributed by atoms with E-state index in [-0.39, 0.29) is 11.2 Å². The van der Waals surface area contributed by atoms with Gasteiger partial charge in [-0.25, -0.2) is 0 Å². The van der Waals surface area contributed by atoms with Crippen LogP contribution in [0.15, 0.2) is 18.2 Å². The Morgan fingerprint density at radius 3 is 2.53 bits per heavy atom. The lowest BCUT2D eigenvalue weighted by Gasteiger charge is -2.40. The van der Waals surface area contributed by atoms with Crippen molar-refractivity contribution in [1.82, 2.24) is 0 Å². The first-order chi connectivity index (χ1) is 7.72. The molecular formula is C13H16F3N. The van der Waals surface area contributed by atoms with Crippen molar-refractivity contribution in [2.75, 3.05) is 5.32 Å². The van der Waals surface area contributed by atoms with E-state index in [0.29, 0.717) is 12.3 Å². The summed E-state index contributed by atoms with van der Waals surface area (Å²) in [4.78, 5) is 0. The molecule has 1 unspecified atom stereocenters. The van der Waals surface area contributed by atoms with Gasteiger partial charge in [-0.15, -0.1) is 0 Å². The highest BCUT2D eigenvalue weighted by atomic mass is 19.4. The highest BCUT2D eigenvalue weighted by molar-refractivity contribution is 5.62. The molecule has 0 spiro atoms. The van der Waals surface area contributed by atoms with Gasteiger partial charge in [-0.05, 0) is 37.8 Å². The molecule has 0 fully saturated rings. The summed E-state index contributed by atoms with van der Waals surface area (Å²) in [6, 6.07) is 4.38. The average molecular weight is 243 g/mol. The molecular weight excluding hydrogens is 227 g/mol. The first kappa shape index (κ1) is 12.3. The Bertz CT molecular complexity index is 435. The van der Waals surface area contributed by atoms with E-state index < -0.39 is 11.7 Å². The Hall–Kier alpha value is -1.19. The number of hydrogen-bond donors (Lipinski definition) is 1. The summed E-state index contributed by atoms with van der Waals surface area (Å²) in [7, 11) is 0. The highest BCUT2D eigenvalue weighted by Gasteiger charge is 2.39. The lowest BCUT2D eigenvalue weighted by Crippen LogP contribution is -2.43. The van der Waals surface area contributed by atoms with Crippen LogP contribution in [0.2, 0.25) is 0 Å². The van der Waals surface area contributed by atoms with Crippen LogP contribution in [0.5, 0.6) is 0 Å². The molecule has 0 saturated heterocycles. The number of fused-ring (bicyclic) bond motifs is 1. The van der Waals surface area contributed by atoms with Crippen molar-refractivity contribution in [3.63, 3.8) is 0 Å². The fourth-order valence-electron chi connectivity index (χ4n) is 2.18. The van der Waals surface area contributed by atoms with Crippen LogP contribution in [-0.4, -0.2) is 5.54 Å². The van der Waals surface area contributed by atoms with Crippen molar-refractivity contribution in [3.05, 3.63) is 29.3 Å². The first-order valence-electron chi connectivity index (χ1n) is 5.69. The molecule has 1 aromatic rings. The van der Waals surface area contributed by atoms with E-state index in [0.717, 1.165) is 11.6 Å². The molecule has 0 amide bonds. The van der Waals surface area contributed by atoms with E-state index in [1.54, 1.807) is 6.07 Å². The van der Waals surface area contributed by atoms with E-state index in [4.69, 9.17) is 0 Å². The van der Waals surface area contributed by atoms with Crippen LogP contribution in [0, 0.1) is 5.92 Å². The van der Waals surface area contributed by atoms with E-state index in [1.807, 2.05) is 13.8 Å². The van der Waals surface area contributed by atoms with Crippen LogP contribution in [0.4, 0.5) is 18.9 Å². The minimum atomic E-state index is -4.30. The predicted octanol–water partition coefficient (Wildman–Crippen LogP) is 4.09. The Morgan fingerprint density at radius 2 is 1.94 bits per heavy atom. The van der Waals surface area contributed by atoms with Crippen molar-refractivity contribution in [2.45, 2.75) is 38.9 Å². The van der Waals surface area contributed by atoms with Gasteiger partial charge in [-0.2, -0.15) is 13.2 Å². The second kappa shape index (κ2) is 3.65. The molecule has 1 N–H and O–H groups in total. The predicted molar refractivity (Wildman–Crippen MR) is 62.0 cm³/mol. The van der Waals surface area contributed by atoms with Gasteiger partial charge in [0, 0.05) is 5.54 Å². The van der Waals surface area contributed by atoms with Gasteiger partial charge in [0.15, 0.2) is 0 Å². The molecule has 0 saturated carbocycles. The Labute approximate surface area is 99.0 Å². The van der Waals surface area contributed by atoms with Crippen molar-refractivity contribution in [1.29, 1.82) is 0 Å². The second-order valence-corrected chi connectivity index (χ2v) is 5.29. The van der Waals surface area contributed by atoms with Crippen LogP contribution in [0.1, 0.15) is 31.9 Å². The van der Waals surface area contributed by atoms with Crippen LogP contribution in [-0.2, 0) is 12.6 Å². The maximum absolute atomic E-state index is 12.9. The zero-order valence-corrected chi connectivity index (χ0v) is 10.2. The minimum Gasteiger partial charge on any atom is -0.379 e. The van der Waals surface area contributed by atoms with Crippen molar-refractivity contribution in [3.8, 4) is 0 Å². The number of para-hydroxylation sites is 1. The Kier molecular flexibility index (Phi) is 2.64. The standard InChI is InChI=1S/C13H16F3N/c1-8-7-9-5-4-6-10(13(14,15)16)11(9)17-12(8,2)3/h4-6,8,17H,7H2,1-3H3. The lowest BCUT2D eigenvalue weighted by molar-refractivity contribution is -0.137. The van der Waals surface area contributed by atoms with Crippen LogP contribution >= 0.6 is 0 Å². The number of nitrogens with one attached hydrogen (secondary N) is 1. The zero-order valence-electron chi connectivity index (χ0n) is 10.2. The van der Waals surface area contributed by atoms with Crippen LogP contribution in [0.25, 0.3) is 0 Å². The third-order valence-electron chi connectivity index (χ3n) is 3.66. The molecule has 4 heteroatoms. The molecule has 1 aliphatic heterocycles. The quantitative estimate of drug-likeness (QED) is 0.723. The molecule has 0 aliphatic carbocycles. The van der Waals surface area contributed by atoms with Crippen molar-refractivity contribution in [2.24, 2.45) is 5.92 Å². The maximum atomic E-state index is 12.9. The monoisotopic (exact) mass is 243 g/mol. The second-order valence-electron chi connectivity index (χ2n) is 5.29. The van der Waals surface area contributed by atoms with Gasteiger partial charge >= 0.3 is 6.18 Å². The third-order valence-corrected chi connectivity index (χ3v) is 3.66. The number of hydrogen-bond acceptors (Lipinski definition) is 1. The van der Waals surface area contributed by atoms with E-state index >= 15 is 0 Å². The maximum Gasteiger partial charge on any atom is 0.418 e. The molecule has 0 radical (unpaired) electrons. The first-order valence-corrected chi connectivity index (χ1v) is 5.69. The van der Waals surface area contributed by atoms with Gasteiger partial charge in [-0.1, -0.05) is 19.1 Å². The number of halogens is 3. The molecule has 1 aromatic carbocycles. The largest absolute Gasteiger partial charge is 0.418 e. The summed E-state index contributed by atoms with van der Waals surface area (Å²) >= 11 is 0. The zero-order chi connectivity index (χ0) is 12.8. The van der Waals surface area contributed by atoms with Crippen molar-refractivity contribution >= 4 is 5.69 Å². The van der Waals surface area contributed by atoms with Gasteiger partial charge in [0.25, 0.3) is 0 Å². The summed E-state index contributed by atoms with van der Waals surface area (Å²) in [5, 5.41) is 3.04. The van der Waals surface area contributed by atoms with E-state index in [1.165, 1.54) is 6.07 Å². The fraction of sp³-hybridized carbons (Fsp3) is 0.538. The fourth-order valence-corrected chi connectivity index (χ4v) is 2.18. The Morgan fingerprint density at radius 1 is 1.29 bits per heavy atom. The number of rotatable bonds is 0. The summed E-state index contributed by atoms with van der Waals surface area (Å²) in [6.45, 7) is 5.93. The minimum absolute atomic E-state index is 0.253. The molecule has 1 nitrogen and oxygen atoms in total. The molecule has 2 rings (SSSR count). The third kappa shape index (κ3) is 2.13. The van der Waals surface area contributed by atoms with Gasteiger partial charge in [0.05, 0.1) is 11.3 Å². The van der Waals surface area contributed by atoms with Crippen molar-refractivity contribution < 1.29 is 13.2 Å². The number of alkyl halides is 3. The molecule has 17 heavy (non-hydrogen) atoms. The smallest absolute Gasteiger partial charge is 0.379 e. The summed E-state index contributed by atoms with van der Waals surface area (Å²) < 4.78 is 38.7.